The number of nitrogens with one attached hydrogen (secondary N) is 2. The molecule has 0 atom stereocenters. The maximum absolute atomic E-state index is 12.8. The lowest BCUT2D eigenvalue weighted by Crippen LogP contribution is -2.16. The van der Waals surface area contributed by atoms with Gasteiger partial charge in [0.05, 0.1) is 31.0 Å². The number of carbonyl (C=O) groups excluding carboxylic acids is 1. The third-order valence-electron chi connectivity index (χ3n) is 4.17. The summed E-state index contributed by atoms with van der Waals surface area (Å²) >= 11 is 6.07. The molecular weight excluding hydrogens is 412 g/mol. The summed E-state index contributed by atoms with van der Waals surface area (Å²) in [5.41, 5.74) is 1.36. The van der Waals surface area contributed by atoms with E-state index in [0.717, 1.165) is 0 Å². The molecule has 0 bridgehead atoms. The monoisotopic (exact) mass is 426 g/mol. The van der Waals surface area contributed by atoms with Crippen molar-refractivity contribution in [2.75, 3.05) is 19.5 Å². The highest BCUT2D eigenvalue weighted by Gasteiger charge is 2.18. The molecule has 152 valence electrons. The molecule has 0 aliphatic rings. The number of carbonyl (C=O) groups is 1. The number of amides is 1. The molecule has 0 aliphatic carbocycles. The third kappa shape index (κ3) is 3.78. The molecule has 4 rings (SSSR count). The average Bonchev–Trinajstić information content (AvgIpc) is 3.45. The van der Waals surface area contributed by atoms with Crippen molar-refractivity contribution in [1.29, 1.82) is 0 Å². The molecule has 0 radical (unpaired) electrons. The molecule has 2 N–H and O–H groups in total. The second kappa shape index (κ2) is 8.17. The van der Waals surface area contributed by atoms with E-state index in [1.54, 1.807) is 37.4 Å². The normalized spacial score (nSPS) is 10.6. The van der Waals surface area contributed by atoms with Crippen LogP contribution in [-0.4, -0.2) is 55.5 Å². The van der Waals surface area contributed by atoms with E-state index in [0.29, 0.717) is 33.6 Å². The molecule has 0 spiro atoms. The quantitative estimate of drug-likeness (QED) is 0.480. The van der Waals surface area contributed by atoms with Crippen molar-refractivity contribution in [3.63, 3.8) is 0 Å². The van der Waals surface area contributed by atoms with Gasteiger partial charge in [-0.15, -0.1) is 10.2 Å². The first kappa shape index (κ1) is 19.3. The van der Waals surface area contributed by atoms with Gasteiger partial charge >= 0.3 is 0 Å². The molecule has 2 aromatic heterocycles. The van der Waals surface area contributed by atoms with Crippen LogP contribution in [0.5, 0.6) is 11.5 Å². The van der Waals surface area contributed by atoms with Crippen molar-refractivity contribution in [3.8, 4) is 28.6 Å². The largest absolute Gasteiger partial charge is 0.497 e. The van der Waals surface area contributed by atoms with E-state index in [-0.39, 0.29) is 11.5 Å². The SMILES string of the molecule is COc1ccc(-c2nc(NC(=O)c3cc(Cl)ccc3-n3cnnn3)n[nH]2)c(OC)c1. The summed E-state index contributed by atoms with van der Waals surface area (Å²) in [6.45, 7) is 0. The summed E-state index contributed by atoms with van der Waals surface area (Å²) in [4.78, 5) is 17.2. The van der Waals surface area contributed by atoms with Crippen molar-refractivity contribution in [1.82, 2.24) is 35.4 Å². The number of hydrogen-bond acceptors (Lipinski definition) is 8. The first-order chi connectivity index (χ1) is 14.6. The number of hydrogen-bond donors (Lipinski definition) is 2. The Bertz CT molecular complexity index is 1190. The summed E-state index contributed by atoms with van der Waals surface area (Å²) in [6, 6.07) is 10.0. The topological polar surface area (TPSA) is 133 Å². The first-order valence-electron chi connectivity index (χ1n) is 8.58. The first-order valence-corrected chi connectivity index (χ1v) is 8.96. The van der Waals surface area contributed by atoms with Gasteiger partial charge in [0, 0.05) is 11.1 Å². The summed E-state index contributed by atoms with van der Waals surface area (Å²) in [5.74, 6) is 1.20. The zero-order valence-corrected chi connectivity index (χ0v) is 16.6. The Labute approximate surface area is 175 Å². The van der Waals surface area contributed by atoms with Crippen LogP contribution in [0.4, 0.5) is 5.95 Å². The molecule has 30 heavy (non-hydrogen) atoms. The van der Waals surface area contributed by atoms with Gasteiger partial charge in [0.1, 0.15) is 17.8 Å². The number of anilines is 1. The van der Waals surface area contributed by atoms with Crippen LogP contribution in [0.25, 0.3) is 17.1 Å². The Kier molecular flexibility index (Phi) is 5.26. The lowest BCUT2D eigenvalue weighted by atomic mass is 10.1. The maximum atomic E-state index is 12.8. The molecule has 2 heterocycles. The molecule has 2 aromatic carbocycles. The summed E-state index contributed by atoms with van der Waals surface area (Å²) < 4.78 is 11.9. The molecule has 0 fully saturated rings. The molecule has 0 saturated heterocycles. The van der Waals surface area contributed by atoms with E-state index in [1.165, 1.54) is 24.2 Å². The number of aromatic nitrogens is 7. The molecule has 0 aliphatic heterocycles. The fourth-order valence-corrected chi connectivity index (χ4v) is 2.93. The van der Waals surface area contributed by atoms with E-state index in [1.807, 2.05) is 0 Å². The Balaban J connectivity index is 1.61. The fourth-order valence-electron chi connectivity index (χ4n) is 2.76. The number of halogens is 1. The number of ether oxygens (including phenoxy) is 2. The van der Waals surface area contributed by atoms with Gasteiger partial charge < -0.3 is 9.47 Å². The molecule has 0 unspecified atom stereocenters. The van der Waals surface area contributed by atoms with Crippen molar-refractivity contribution in [2.45, 2.75) is 0 Å². The van der Waals surface area contributed by atoms with E-state index < -0.39 is 5.91 Å². The van der Waals surface area contributed by atoms with Crippen LogP contribution in [0, 0.1) is 0 Å². The van der Waals surface area contributed by atoms with E-state index in [2.05, 4.69) is 36.0 Å². The lowest BCUT2D eigenvalue weighted by Gasteiger charge is -2.08. The maximum Gasteiger partial charge on any atom is 0.260 e. The number of nitrogens with zero attached hydrogens (tertiary/aromatic N) is 6. The van der Waals surface area contributed by atoms with Crippen LogP contribution < -0.4 is 14.8 Å². The molecule has 0 saturated carbocycles. The molecule has 4 aromatic rings. The van der Waals surface area contributed by atoms with Crippen molar-refractivity contribution in [3.05, 3.63) is 53.3 Å². The Morgan fingerprint density at radius 2 is 2.03 bits per heavy atom. The highest BCUT2D eigenvalue weighted by Crippen LogP contribution is 2.31. The number of tetrazole rings is 1. The van der Waals surface area contributed by atoms with E-state index in [4.69, 9.17) is 21.1 Å². The van der Waals surface area contributed by atoms with Crippen LogP contribution in [0.3, 0.4) is 0 Å². The van der Waals surface area contributed by atoms with Gasteiger partial charge in [-0.1, -0.05) is 11.6 Å². The summed E-state index contributed by atoms with van der Waals surface area (Å²) in [6.07, 6.45) is 1.38. The van der Waals surface area contributed by atoms with Crippen molar-refractivity contribution in [2.24, 2.45) is 0 Å². The Morgan fingerprint density at radius 1 is 1.17 bits per heavy atom. The minimum atomic E-state index is -0.477. The highest BCUT2D eigenvalue weighted by molar-refractivity contribution is 6.31. The fraction of sp³-hybridized carbons (Fsp3) is 0.111. The van der Waals surface area contributed by atoms with Crippen LogP contribution in [0.1, 0.15) is 10.4 Å². The van der Waals surface area contributed by atoms with Gasteiger partial charge in [-0.3, -0.25) is 15.2 Å². The summed E-state index contributed by atoms with van der Waals surface area (Å²) in [7, 11) is 3.10. The highest BCUT2D eigenvalue weighted by atomic mass is 35.5. The smallest absolute Gasteiger partial charge is 0.260 e. The molecule has 1 amide bonds. The number of aromatic amines is 1. The van der Waals surface area contributed by atoms with Crippen LogP contribution >= 0.6 is 11.6 Å². The van der Waals surface area contributed by atoms with Crippen LogP contribution in [0.2, 0.25) is 5.02 Å². The number of H-pyrrole nitrogens is 1. The van der Waals surface area contributed by atoms with Gasteiger partial charge in [-0.2, -0.15) is 9.67 Å². The predicted octanol–water partition coefficient (Wildman–Crippen LogP) is 2.37. The minimum Gasteiger partial charge on any atom is -0.497 e. The standard InChI is InChI=1S/C18H15ClN8O3/c1-29-11-4-5-12(15(8-11)30-2)16-21-18(24-23-16)22-17(28)13-7-10(19)3-6-14(13)27-9-20-25-26-27/h3-9H,1-2H3,(H2,21,22,23,24,28). The number of methoxy groups -OCH3 is 2. The van der Waals surface area contributed by atoms with Crippen molar-refractivity contribution >= 4 is 23.5 Å². The predicted molar refractivity (Wildman–Crippen MR) is 107 cm³/mol. The van der Waals surface area contributed by atoms with Gasteiger partial charge in [0.25, 0.3) is 5.91 Å². The lowest BCUT2D eigenvalue weighted by molar-refractivity contribution is 0.102. The second-order valence-electron chi connectivity index (χ2n) is 5.94. The number of benzene rings is 2. The van der Waals surface area contributed by atoms with Gasteiger partial charge in [0.15, 0.2) is 5.82 Å². The van der Waals surface area contributed by atoms with Crippen LogP contribution in [0.15, 0.2) is 42.7 Å². The van der Waals surface area contributed by atoms with Gasteiger partial charge in [0.2, 0.25) is 5.95 Å². The third-order valence-corrected chi connectivity index (χ3v) is 4.41. The molecule has 11 nitrogen and oxygen atoms in total. The molecule has 12 heteroatoms. The van der Waals surface area contributed by atoms with E-state index >= 15 is 0 Å². The van der Waals surface area contributed by atoms with Crippen molar-refractivity contribution < 1.29 is 14.3 Å². The van der Waals surface area contributed by atoms with Crippen LogP contribution in [-0.2, 0) is 0 Å². The summed E-state index contributed by atoms with van der Waals surface area (Å²) in [5, 5.41) is 20.9. The Hall–Kier alpha value is -3.99. The minimum absolute atomic E-state index is 0.0792. The average molecular weight is 427 g/mol. The second-order valence-corrected chi connectivity index (χ2v) is 6.38. The molecular formula is C18H15ClN8O3. The zero-order valence-electron chi connectivity index (χ0n) is 15.8. The zero-order chi connectivity index (χ0) is 21.1. The Morgan fingerprint density at radius 3 is 2.77 bits per heavy atom. The van der Waals surface area contributed by atoms with Gasteiger partial charge in [-0.05, 0) is 40.8 Å². The van der Waals surface area contributed by atoms with E-state index in [9.17, 15) is 4.79 Å². The number of rotatable bonds is 6. The van der Waals surface area contributed by atoms with Gasteiger partial charge in [-0.25, -0.2) is 0 Å².